The second kappa shape index (κ2) is 6.64. The van der Waals surface area contributed by atoms with Crippen LogP contribution in [0.4, 0.5) is 5.82 Å². The molecular weight excluding hydrogens is 322 g/mol. The maximum atomic E-state index is 12.5. The van der Waals surface area contributed by atoms with E-state index in [2.05, 4.69) is 15.5 Å². The second-order valence-electron chi connectivity index (χ2n) is 5.69. The molecule has 0 aliphatic carbocycles. The van der Waals surface area contributed by atoms with Gasteiger partial charge in [-0.25, -0.2) is 4.79 Å². The number of aryl methyl sites for hydroxylation is 2. The highest BCUT2D eigenvalue weighted by Gasteiger charge is 2.15. The average molecular weight is 339 g/mol. The van der Waals surface area contributed by atoms with Gasteiger partial charge in [0, 0.05) is 10.9 Å². The number of H-pyrrole nitrogens is 1. The highest BCUT2D eigenvalue weighted by Crippen LogP contribution is 2.26. The van der Waals surface area contributed by atoms with Crippen molar-refractivity contribution in [2.75, 3.05) is 11.9 Å². The molecule has 0 saturated carbocycles. The summed E-state index contributed by atoms with van der Waals surface area (Å²) in [5.41, 5.74) is 2.67. The highest BCUT2D eigenvalue weighted by atomic mass is 16.5. The van der Waals surface area contributed by atoms with Gasteiger partial charge in [-0.05, 0) is 49.2 Å². The Balaban J connectivity index is 1.84. The first-order valence-corrected chi connectivity index (χ1v) is 7.66. The third kappa shape index (κ3) is 3.45. The zero-order valence-corrected chi connectivity index (χ0v) is 13.8. The van der Waals surface area contributed by atoms with Gasteiger partial charge in [-0.2, -0.15) is 5.10 Å². The van der Waals surface area contributed by atoms with Crippen molar-refractivity contribution in [1.82, 2.24) is 10.2 Å². The molecule has 0 bridgehead atoms. The molecule has 25 heavy (non-hydrogen) atoms. The molecule has 0 atom stereocenters. The Labute approximate surface area is 143 Å². The average Bonchev–Trinajstić information content (AvgIpc) is 2.97. The van der Waals surface area contributed by atoms with Crippen LogP contribution in [0.25, 0.3) is 10.9 Å². The number of aromatic nitrogens is 2. The fourth-order valence-corrected chi connectivity index (χ4v) is 2.68. The number of nitrogens with zero attached hydrogens (tertiary/aromatic N) is 1. The molecule has 0 aliphatic heterocycles. The molecule has 0 saturated heterocycles. The zero-order chi connectivity index (χ0) is 18.0. The van der Waals surface area contributed by atoms with Crippen molar-refractivity contribution in [3.8, 4) is 5.75 Å². The van der Waals surface area contributed by atoms with E-state index in [1.807, 2.05) is 24.3 Å². The molecule has 0 unspecified atom stereocenters. The van der Waals surface area contributed by atoms with Crippen LogP contribution in [0, 0.1) is 13.8 Å². The lowest BCUT2D eigenvalue weighted by Gasteiger charge is -2.12. The van der Waals surface area contributed by atoms with Crippen molar-refractivity contribution in [3.05, 3.63) is 53.1 Å². The van der Waals surface area contributed by atoms with Crippen molar-refractivity contribution in [2.45, 2.75) is 13.8 Å². The van der Waals surface area contributed by atoms with Gasteiger partial charge in [0.15, 0.2) is 12.4 Å². The molecule has 0 spiro atoms. The van der Waals surface area contributed by atoms with Crippen LogP contribution in [0.15, 0.2) is 36.4 Å². The Morgan fingerprint density at radius 2 is 1.88 bits per heavy atom. The van der Waals surface area contributed by atoms with Crippen LogP contribution in [-0.2, 0) is 4.79 Å². The molecule has 1 heterocycles. The molecule has 1 aromatic heterocycles. The zero-order valence-electron chi connectivity index (χ0n) is 13.8. The number of carboxylic acid groups (broad SMARTS) is 1. The minimum atomic E-state index is -1.05. The van der Waals surface area contributed by atoms with E-state index >= 15 is 0 Å². The summed E-state index contributed by atoms with van der Waals surface area (Å²) in [6.45, 7) is 3.11. The lowest BCUT2D eigenvalue weighted by atomic mass is 10.0. The first-order valence-electron chi connectivity index (χ1n) is 7.66. The minimum absolute atomic E-state index is 0.298. The van der Waals surface area contributed by atoms with E-state index in [0.29, 0.717) is 28.3 Å². The number of benzene rings is 2. The molecule has 3 N–H and O–H groups in total. The third-order valence-electron chi connectivity index (χ3n) is 3.76. The second-order valence-corrected chi connectivity index (χ2v) is 5.69. The Kier molecular flexibility index (Phi) is 4.38. The van der Waals surface area contributed by atoms with Gasteiger partial charge < -0.3 is 15.2 Å². The summed E-state index contributed by atoms with van der Waals surface area (Å²) in [7, 11) is 0. The summed E-state index contributed by atoms with van der Waals surface area (Å²) in [6, 6.07) is 10.8. The lowest BCUT2D eigenvalue weighted by Crippen LogP contribution is -2.14. The molecular formula is C18H17N3O4. The lowest BCUT2D eigenvalue weighted by molar-refractivity contribution is -0.139. The number of amides is 1. The van der Waals surface area contributed by atoms with Crippen molar-refractivity contribution in [1.29, 1.82) is 0 Å². The summed E-state index contributed by atoms with van der Waals surface area (Å²) < 4.78 is 5.28. The van der Waals surface area contributed by atoms with Crippen molar-refractivity contribution >= 4 is 28.6 Å². The maximum Gasteiger partial charge on any atom is 0.341 e. The number of fused-ring (bicyclic) bond motifs is 1. The van der Waals surface area contributed by atoms with E-state index in [4.69, 9.17) is 9.84 Å². The predicted octanol–water partition coefficient (Wildman–Crippen LogP) is 2.90. The van der Waals surface area contributed by atoms with E-state index in [1.54, 1.807) is 26.0 Å². The normalized spacial score (nSPS) is 10.6. The number of aliphatic carboxylic acids is 1. The van der Waals surface area contributed by atoms with E-state index in [0.717, 1.165) is 10.9 Å². The van der Waals surface area contributed by atoms with Crippen LogP contribution >= 0.6 is 0 Å². The van der Waals surface area contributed by atoms with Gasteiger partial charge in [0.1, 0.15) is 5.75 Å². The van der Waals surface area contributed by atoms with Gasteiger partial charge in [0.05, 0.1) is 5.52 Å². The number of carbonyl (C=O) groups is 2. The predicted molar refractivity (Wildman–Crippen MR) is 93.1 cm³/mol. The molecule has 7 heteroatoms. The minimum Gasteiger partial charge on any atom is -0.481 e. The van der Waals surface area contributed by atoms with Crippen LogP contribution in [0.2, 0.25) is 0 Å². The van der Waals surface area contributed by atoms with Crippen LogP contribution in [-0.4, -0.2) is 33.8 Å². The first kappa shape index (κ1) is 16.5. The van der Waals surface area contributed by atoms with Crippen LogP contribution in [0.3, 0.4) is 0 Å². The molecule has 3 aromatic rings. The quantitative estimate of drug-likeness (QED) is 0.663. The topological polar surface area (TPSA) is 104 Å². The summed E-state index contributed by atoms with van der Waals surface area (Å²) in [4.78, 5) is 23.2. The number of nitrogens with one attached hydrogen (secondary N) is 2. The Hall–Kier alpha value is -3.35. The highest BCUT2D eigenvalue weighted by molar-refractivity contribution is 6.08. The number of para-hydroxylation sites is 1. The van der Waals surface area contributed by atoms with Crippen LogP contribution in [0.5, 0.6) is 5.75 Å². The van der Waals surface area contributed by atoms with Crippen LogP contribution in [0.1, 0.15) is 21.5 Å². The SMILES string of the molecule is Cc1cc(C(=O)Nc2n[nH]c3ccccc23)cc(C)c1OCC(=O)O. The number of hydrogen-bond acceptors (Lipinski definition) is 4. The van der Waals surface area contributed by atoms with Crippen molar-refractivity contribution in [3.63, 3.8) is 0 Å². The number of rotatable bonds is 5. The molecule has 7 nitrogen and oxygen atoms in total. The monoisotopic (exact) mass is 339 g/mol. The van der Waals surface area contributed by atoms with Gasteiger partial charge in [-0.3, -0.25) is 9.89 Å². The summed E-state index contributed by atoms with van der Waals surface area (Å²) in [5.74, 6) is -0.412. The van der Waals surface area contributed by atoms with Crippen molar-refractivity contribution < 1.29 is 19.4 Å². The Bertz CT molecular complexity index is 939. The smallest absolute Gasteiger partial charge is 0.341 e. The standard InChI is InChI=1S/C18H17N3O4/c1-10-7-12(8-11(2)16(10)25-9-15(22)23)18(24)19-17-13-5-3-4-6-14(13)20-21-17/h3-8H,9H2,1-2H3,(H,22,23)(H2,19,20,21,24). The van der Waals surface area contributed by atoms with E-state index in [-0.39, 0.29) is 5.91 Å². The fraction of sp³-hybridized carbons (Fsp3) is 0.167. The Morgan fingerprint density at radius 3 is 2.56 bits per heavy atom. The number of carboxylic acids is 1. The largest absolute Gasteiger partial charge is 0.481 e. The molecule has 3 rings (SSSR count). The van der Waals surface area contributed by atoms with Gasteiger partial charge in [-0.1, -0.05) is 12.1 Å². The first-order chi connectivity index (χ1) is 12.0. The molecule has 128 valence electrons. The summed E-state index contributed by atoms with van der Waals surface area (Å²) in [5, 5.41) is 19.3. The van der Waals surface area contributed by atoms with E-state index < -0.39 is 12.6 Å². The molecule has 0 fully saturated rings. The van der Waals surface area contributed by atoms with Gasteiger partial charge in [0.25, 0.3) is 5.91 Å². The molecule has 0 aliphatic rings. The molecule has 2 aromatic carbocycles. The summed E-state index contributed by atoms with van der Waals surface area (Å²) >= 11 is 0. The Morgan fingerprint density at radius 1 is 1.20 bits per heavy atom. The number of ether oxygens (including phenoxy) is 1. The number of anilines is 1. The van der Waals surface area contributed by atoms with Crippen LogP contribution < -0.4 is 10.1 Å². The maximum absolute atomic E-state index is 12.5. The molecule has 1 amide bonds. The third-order valence-corrected chi connectivity index (χ3v) is 3.76. The van der Waals surface area contributed by atoms with E-state index in [1.165, 1.54) is 0 Å². The number of carbonyl (C=O) groups excluding carboxylic acids is 1. The summed E-state index contributed by atoms with van der Waals surface area (Å²) in [6.07, 6.45) is 0. The van der Waals surface area contributed by atoms with Gasteiger partial charge >= 0.3 is 5.97 Å². The van der Waals surface area contributed by atoms with E-state index in [9.17, 15) is 9.59 Å². The fourth-order valence-electron chi connectivity index (χ4n) is 2.68. The molecule has 0 radical (unpaired) electrons. The number of hydrogen-bond donors (Lipinski definition) is 3. The van der Waals surface area contributed by atoms with Crippen molar-refractivity contribution in [2.24, 2.45) is 0 Å². The van der Waals surface area contributed by atoms with Gasteiger partial charge in [0.2, 0.25) is 0 Å². The number of aromatic amines is 1. The van der Waals surface area contributed by atoms with Gasteiger partial charge in [-0.15, -0.1) is 0 Å².